The summed E-state index contributed by atoms with van der Waals surface area (Å²) in [5.41, 5.74) is -1.68. The summed E-state index contributed by atoms with van der Waals surface area (Å²) < 4.78 is 0. The van der Waals surface area contributed by atoms with Gasteiger partial charge in [0.15, 0.2) is 11.6 Å². The van der Waals surface area contributed by atoms with E-state index in [0.717, 1.165) is 37.7 Å². The highest BCUT2D eigenvalue weighted by Crippen LogP contribution is 2.67. The number of amides is 2. The maximum Gasteiger partial charge on any atom is 0.242 e. The van der Waals surface area contributed by atoms with Crippen molar-refractivity contribution in [2.24, 2.45) is 28.6 Å². The summed E-state index contributed by atoms with van der Waals surface area (Å²) in [4.78, 5) is 62.9. The Balaban J connectivity index is 1.22. The standard InChI is InChI=1S/C31H44N2O7/c1-29-12-10-20(35)15-18(29)6-8-21-22-11-13-31(40,30(22,2)17-24(36)27(21)29)25(37)16-19(34)7-9-26(38)33-23-5-3-4-14-32-28(23)39/h15,21-24,27,36,40H,3-14,16-17H2,1-2H3,(H,32,39)(H,33,38)/t21-,22-,23+,24+,27+,29-,30-,31-/m0/s1. The van der Waals surface area contributed by atoms with Crippen molar-refractivity contribution >= 4 is 29.2 Å². The number of carbonyl (C=O) groups excluding carboxylic acids is 5. The monoisotopic (exact) mass is 556 g/mol. The topological polar surface area (TPSA) is 150 Å². The predicted octanol–water partition coefficient (Wildman–Crippen LogP) is 2.31. The van der Waals surface area contributed by atoms with Crippen LogP contribution < -0.4 is 10.6 Å². The van der Waals surface area contributed by atoms with E-state index in [9.17, 15) is 34.2 Å². The van der Waals surface area contributed by atoms with Crippen molar-refractivity contribution < 1.29 is 34.2 Å². The number of hydrogen-bond donors (Lipinski definition) is 4. The highest BCUT2D eigenvalue weighted by molar-refractivity contribution is 6.04. The zero-order chi connectivity index (χ0) is 28.9. The van der Waals surface area contributed by atoms with E-state index in [-0.39, 0.29) is 60.5 Å². The number of allylic oxidation sites excluding steroid dienone is 1. The Morgan fingerprint density at radius 2 is 1.82 bits per heavy atom. The van der Waals surface area contributed by atoms with E-state index in [1.165, 1.54) is 0 Å². The van der Waals surface area contributed by atoms with E-state index in [1.54, 1.807) is 6.08 Å². The summed E-state index contributed by atoms with van der Waals surface area (Å²) >= 11 is 0. The number of carbonyl (C=O) groups is 5. The van der Waals surface area contributed by atoms with Crippen LogP contribution in [0.5, 0.6) is 0 Å². The van der Waals surface area contributed by atoms with E-state index >= 15 is 0 Å². The molecule has 3 saturated carbocycles. The summed E-state index contributed by atoms with van der Waals surface area (Å²) in [6, 6.07) is -0.605. The molecule has 40 heavy (non-hydrogen) atoms. The van der Waals surface area contributed by atoms with E-state index < -0.39 is 47.1 Å². The SMILES string of the molecule is C[C@]12CCC(=O)C=C1CC[C@@H]1[C@@H]2[C@H](O)C[C@@]2(C)[C@H]1CC[C@]2(O)C(=O)CC(=O)CCC(=O)N[C@@H]1CCCCNC1=O. The number of aliphatic hydroxyl groups excluding tert-OH is 1. The van der Waals surface area contributed by atoms with Crippen molar-refractivity contribution in [1.82, 2.24) is 10.6 Å². The van der Waals surface area contributed by atoms with Crippen molar-refractivity contribution in [3.05, 3.63) is 11.6 Å². The molecule has 0 spiro atoms. The molecule has 0 bridgehead atoms. The van der Waals surface area contributed by atoms with Crippen molar-refractivity contribution in [3.8, 4) is 0 Å². The van der Waals surface area contributed by atoms with Gasteiger partial charge in [-0.2, -0.15) is 0 Å². The van der Waals surface area contributed by atoms with Gasteiger partial charge in [0.2, 0.25) is 11.8 Å². The summed E-state index contributed by atoms with van der Waals surface area (Å²) in [7, 11) is 0. The lowest BCUT2D eigenvalue weighted by Crippen LogP contribution is -2.61. The zero-order valence-electron chi connectivity index (χ0n) is 23.8. The van der Waals surface area contributed by atoms with Crippen molar-refractivity contribution in [1.29, 1.82) is 0 Å². The first kappa shape index (κ1) is 29.1. The summed E-state index contributed by atoms with van der Waals surface area (Å²) in [5, 5.41) is 28.8. The van der Waals surface area contributed by atoms with Crippen LogP contribution in [0.2, 0.25) is 0 Å². The van der Waals surface area contributed by atoms with Crippen LogP contribution in [-0.2, 0) is 24.0 Å². The number of rotatable bonds is 7. The number of fused-ring (bicyclic) bond motifs is 5. The fourth-order valence-corrected chi connectivity index (χ4v) is 9.16. The fraction of sp³-hybridized carbons (Fsp3) is 0.774. The molecule has 0 aromatic heterocycles. The average Bonchev–Trinajstić information content (AvgIpc) is 3.02. The molecule has 5 rings (SSSR count). The number of aliphatic hydroxyl groups is 2. The molecule has 0 aromatic rings. The van der Waals surface area contributed by atoms with Gasteiger partial charge in [-0.15, -0.1) is 0 Å². The molecular weight excluding hydrogens is 512 g/mol. The molecule has 0 aromatic carbocycles. The first-order valence-corrected chi connectivity index (χ1v) is 15.2. The van der Waals surface area contributed by atoms with Gasteiger partial charge in [0.25, 0.3) is 0 Å². The molecule has 1 heterocycles. The van der Waals surface area contributed by atoms with Crippen LogP contribution in [0, 0.1) is 28.6 Å². The average molecular weight is 557 g/mol. The highest BCUT2D eigenvalue weighted by Gasteiger charge is 2.68. The van der Waals surface area contributed by atoms with Gasteiger partial charge in [-0.05, 0) is 87.0 Å². The van der Waals surface area contributed by atoms with E-state index in [0.29, 0.717) is 25.8 Å². The first-order valence-electron chi connectivity index (χ1n) is 15.2. The molecule has 0 unspecified atom stereocenters. The molecule has 4 N–H and O–H groups in total. The Morgan fingerprint density at radius 3 is 2.60 bits per heavy atom. The normalized spacial score (nSPS) is 41.0. The Labute approximate surface area is 235 Å². The van der Waals surface area contributed by atoms with Crippen LogP contribution in [0.1, 0.15) is 97.3 Å². The zero-order valence-corrected chi connectivity index (χ0v) is 23.8. The third-order valence-corrected chi connectivity index (χ3v) is 11.4. The number of ketones is 3. The molecule has 220 valence electrons. The van der Waals surface area contributed by atoms with Crippen molar-refractivity contribution in [3.63, 3.8) is 0 Å². The van der Waals surface area contributed by atoms with Crippen LogP contribution in [0.15, 0.2) is 11.6 Å². The van der Waals surface area contributed by atoms with Crippen LogP contribution in [0.25, 0.3) is 0 Å². The number of hydrogen-bond acceptors (Lipinski definition) is 7. The summed E-state index contributed by atoms with van der Waals surface area (Å²) in [6.07, 6.45) is 6.58. The molecule has 4 aliphatic carbocycles. The highest BCUT2D eigenvalue weighted by atomic mass is 16.3. The van der Waals surface area contributed by atoms with E-state index in [2.05, 4.69) is 17.6 Å². The Hall–Kier alpha value is -2.39. The lowest BCUT2D eigenvalue weighted by molar-refractivity contribution is -0.180. The van der Waals surface area contributed by atoms with Crippen LogP contribution in [-0.4, -0.2) is 63.7 Å². The molecule has 2 amide bonds. The van der Waals surface area contributed by atoms with Gasteiger partial charge < -0.3 is 20.8 Å². The second kappa shape index (κ2) is 10.8. The van der Waals surface area contributed by atoms with Gasteiger partial charge in [0, 0.05) is 31.2 Å². The number of Topliss-reactive ketones (excluding diaryl/α,β-unsaturated/α-hetero) is 2. The molecule has 4 fully saturated rings. The molecule has 1 aliphatic heterocycles. The lowest BCUT2D eigenvalue weighted by atomic mass is 9.45. The Bertz CT molecular complexity index is 1130. The smallest absolute Gasteiger partial charge is 0.242 e. The first-order chi connectivity index (χ1) is 18.9. The third kappa shape index (κ3) is 4.87. The molecule has 1 saturated heterocycles. The second-order valence-corrected chi connectivity index (χ2v) is 13.5. The molecule has 5 aliphatic rings. The van der Waals surface area contributed by atoms with Gasteiger partial charge in [-0.3, -0.25) is 24.0 Å². The molecular formula is C31H44N2O7. The second-order valence-electron chi connectivity index (χ2n) is 13.5. The van der Waals surface area contributed by atoms with Crippen LogP contribution in [0.3, 0.4) is 0 Å². The predicted molar refractivity (Wildman–Crippen MR) is 146 cm³/mol. The quantitative estimate of drug-likeness (QED) is 0.352. The Kier molecular flexibility index (Phi) is 7.85. The van der Waals surface area contributed by atoms with E-state index in [4.69, 9.17) is 0 Å². The van der Waals surface area contributed by atoms with Gasteiger partial charge >= 0.3 is 0 Å². The number of nitrogens with one attached hydrogen (secondary N) is 2. The van der Waals surface area contributed by atoms with Gasteiger partial charge in [-0.1, -0.05) is 19.4 Å². The maximum absolute atomic E-state index is 13.5. The van der Waals surface area contributed by atoms with Gasteiger partial charge in [-0.25, -0.2) is 0 Å². The molecule has 0 radical (unpaired) electrons. The molecule has 8 atom stereocenters. The minimum atomic E-state index is -1.71. The molecule has 9 heteroatoms. The van der Waals surface area contributed by atoms with Crippen molar-refractivity contribution in [2.45, 2.75) is 115 Å². The summed E-state index contributed by atoms with van der Waals surface area (Å²) in [6.45, 7) is 4.65. The van der Waals surface area contributed by atoms with Crippen LogP contribution >= 0.6 is 0 Å². The Morgan fingerprint density at radius 1 is 1.05 bits per heavy atom. The van der Waals surface area contributed by atoms with Crippen LogP contribution in [0.4, 0.5) is 0 Å². The van der Waals surface area contributed by atoms with E-state index in [1.807, 2.05) is 6.92 Å². The molecule has 9 nitrogen and oxygen atoms in total. The minimum absolute atomic E-state index is 0.0215. The maximum atomic E-state index is 13.5. The van der Waals surface area contributed by atoms with Gasteiger partial charge in [0.1, 0.15) is 17.4 Å². The minimum Gasteiger partial charge on any atom is -0.393 e. The lowest BCUT2D eigenvalue weighted by Gasteiger charge is -2.60. The largest absolute Gasteiger partial charge is 0.393 e. The third-order valence-electron chi connectivity index (χ3n) is 11.4. The van der Waals surface area contributed by atoms with Crippen molar-refractivity contribution in [2.75, 3.05) is 6.54 Å². The summed E-state index contributed by atoms with van der Waals surface area (Å²) in [5.74, 6) is -1.25. The van der Waals surface area contributed by atoms with Gasteiger partial charge in [0.05, 0.1) is 12.5 Å². The fourth-order valence-electron chi connectivity index (χ4n) is 9.16.